The van der Waals surface area contributed by atoms with Crippen molar-refractivity contribution in [3.63, 3.8) is 0 Å². The summed E-state index contributed by atoms with van der Waals surface area (Å²) in [6, 6.07) is 8.30. The lowest BCUT2D eigenvalue weighted by atomic mass is 10.1. The molecule has 13 heavy (non-hydrogen) atoms. The standard InChI is InChI=1S/C12H15Cl/c1-3-4-5-11-6-8-12(9-7-11)10(2)13/h6-9H,2-5H2,1H3. The monoisotopic (exact) mass is 194 g/mol. The third-order valence-electron chi connectivity index (χ3n) is 2.09. The Kier molecular flexibility index (Phi) is 4.04. The van der Waals surface area contributed by atoms with Crippen molar-refractivity contribution in [3.8, 4) is 0 Å². The van der Waals surface area contributed by atoms with Crippen molar-refractivity contribution in [3.05, 3.63) is 42.0 Å². The van der Waals surface area contributed by atoms with Crippen molar-refractivity contribution in [2.75, 3.05) is 0 Å². The predicted molar refractivity (Wildman–Crippen MR) is 59.9 cm³/mol. The molecule has 70 valence electrons. The van der Waals surface area contributed by atoms with E-state index in [0.717, 1.165) is 12.0 Å². The highest BCUT2D eigenvalue weighted by Crippen LogP contribution is 2.17. The molecule has 1 aromatic rings. The zero-order valence-corrected chi connectivity index (χ0v) is 8.77. The molecule has 0 aliphatic rings. The zero-order chi connectivity index (χ0) is 9.68. The largest absolute Gasteiger partial charge is 0.0843 e. The molecule has 0 spiro atoms. The molecule has 0 unspecified atom stereocenters. The summed E-state index contributed by atoms with van der Waals surface area (Å²) >= 11 is 5.77. The molecule has 0 atom stereocenters. The summed E-state index contributed by atoms with van der Waals surface area (Å²) in [5.41, 5.74) is 2.39. The van der Waals surface area contributed by atoms with Gasteiger partial charge >= 0.3 is 0 Å². The third-order valence-corrected chi connectivity index (χ3v) is 2.30. The van der Waals surface area contributed by atoms with Gasteiger partial charge in [0, 0.05) is 5.03 Å². The van der Waals surface area contributed by atoms with Gasteiger partial charge in [0.2, 0.25) is 0 Å². The summed E-state index contributed by atoms with van der Waals surface area (Å²) in [5, 5.41) is 0.613. The van der Waals surface area contributed by atoms with Crippen LogP contribution in [-0.4, -0.2) is 0 Å². The van der Waals surface area contributed by atoms with Crippen molar-refractivity contribution in [1.82, 2.24) is 0 Å². The van der Waals surface area contributed by atoms with Crippen molar-refractivity contribution < 1.29 is 0 Å². The SMILES string of the molecule is C=C(Cl)c1ccc(CCCC)cc1. The number of hydrogen-bond donors (Lipinski definition) is 0. The number of unbranched alkanes of at least 4 members (excludes halogenated alkanes) is 1. The minimum absolute atomic E-state index is 0.613. The van der Waals surface area contributed by atoms with E-state index in [4.69, 9.17) is 11.6 Å². The fraction of sp³-hybridized carbons (Fsp3) is 0.333. The molecule has 0 bridgehead atoms. The summed E-state index contributed by atoms with van der Waals surface area (Å²) in [6.45, 7) is 5.89. The second-order valence-electron chi connectivity index (χ2n) is 3.21. The summed E-state index contributed by atoms with van der Waals surface area (Å²) in [7, 11) is 0. The number of benzene rings is 1. The van der Waals surface area contributed by atoms with Gasteiger partial charge < -0.3 is 0 Å². The molecule has 0 amide bonds. The highest BCUT2D eigenvalue weighted by Gasteiger charge is 1.95. The number of hydrogen-bond acceptors (Lipinski definition) is 0. The maximum atomic E-state index is 5.77. The van der Waals surface area contributed by atoms with E-state index in [1.54, 1.807) is 0 Å². The van der Waals surface area contributed by atoms with E-state index in [9.17, 15) is 0 Å². The highest BCUT2D eigenvalue weighted by atomic mass is 35.5. The van der Waals surface area contributed by atoms with Crippen LogP contribution in [0, 0.1) is 0 Å². The first-order valence-corrected chi connectivity index (χ1v) is 5.05. The molecule has 0 aromatic heterocycles. The Morgan fingerprint density at radius 1 is 1.31 bits per heavy atom. The minimum Gasteiger partial charge on any atom is -0.0843 e. The third kappa shape index (κ3) is 3.23. The quantitative estimate of drug-likeness (QED) is 0.673. The molecule has 0 aliphatic carbocycles. The van der Waals surface area contributed by atoms with Crippen LogP contribution in [0.5, 0.6) is 0 Å². The smallest absolute Gasteiger partial charge is 0.0406 e. The van der Waals surface area contributed by atoms with Crippen LogP contribution in [0.2, 0.25) is 0 Å². The Hall–Kier alpha value is -0.750. The number of rotatable bonds is 4. The van der Waals surface area contributed by atoms with E-state index in [2.05, 4.69) is 25.6 Å². The van der Waals surface area contributed by atoms with Crippen LogP contribution < -0.4 is 0 Å². The van der Waals surface area contributed by atoms with Gasteiger partial charge in [-0.2, -0.15) is 0 Å². The summed E-state index contributed by atoms with van der Waals surface area (Å²) in [5.74, 6) is 0. The van der Waals surface area contributed by atoms with Gasteiger partial charge in [0.1, 0.15) is 0 Å². The van der Waals surface area contributed by atoms with Gasteiger partial charge in [-0.3, -0.25) is 0 Å². The average Bonchev–Trinajstić information content (AvgIpc) is 2.15. The first-order valence-electron chi connectivity index (χ1n) is 4.67. The van der Waals surface area contributed by atoms with Gasteiger partial charge in [-0.25, -0.2) is 0 Å². The number of aryl methyl sites for hydroxylation is 1. The summed E-state index contributed by atoms with van der Waals surface area (Å²) in [4.78, 5) is 0. The Morgan fingerprint density at radius 3 is 2.38 bits per heavy atom. The van der Waals surface area contributed by atoms with Crippen molar-refractivity contribution >= 4 is 16.6 Å². The second kappa shape index (κ2) is 5.08. The van der Waals surface area contributed by atoms with Crippen LogP contribution in [0.4, 0.5) is 0 Å². The molecule has 0 saturated heterocycles. The molecule has 1 rings (SSSR count). The van der Waals surface area contributed by atoms with E-state index in [1.807, 2.05) is 12.1 Å². The minimum atomic E-state index is 0.613. The van der Waals surface area contributed by atoms with Crippen molar-refractivity contribution in [1.29, 1.82) is 0 Å². The van der Waals surface area contributed by atoms with Crippen LogP contribution >= 0.6 is 11.6 Å². The van der Waals surface area contributed by atoms with Crippen LogP contribution in [0.15, 0.2) is 30.8 Å². The molecule has 0 heterocycles. The fourth-order valence-corrected chi connectivity index (χ4v) is 1.36. The van der Waals surface area contributed by atoms with Crippen molar-refractivity contribution in [2.45, 2.75) is 26.2 Å². The van der Waals surface area contributed by atoms with Crippen molar-refractivity contribution in [2.24, 2.45) is 0 Å². The topological polar surface area (TPSA) is 0 Å². The molecular weight excluding hydrogens is 180 g/mol. The maximum absolute atomic E-state index is 5.77. The van der Waals surface area contributed by atoms with Crippen LogP contribution in [0.1, 0.15) is 30.9 Å². The molecule has 0 nitrogen and oxygen atoms in total. The normalized spacial score (nSPS) is 10.0. The number of halogens is 1. The average molecular weight is 195 g/mol. The van der Waals surface area contributed by atoms with E-state index in [1.165, 1.54) is 18.4 Å². The lowest BCUT2D eigenvalue weighted by Gasteiger charge is -2.01. The summed E-state index contributed by atoms with van der Waals surface area (Å²) < 4.78 is 0. The van der Waals surface area contributed by atoms with E-state index < -0.39 is 0 Å². The molecule has 0 aliphatic heterocycles. The molecule has 0 fully saturated rings. The Labute approximate surface area is 85.2 Å². The Bertz CT molecular complexity index is 272. The van der Waals surface area contributed by atoms with Gasteiger partial charge in [0.25, 0.3) is 0 Å². The maximum Gasteiger partial charge on any atom is 0.0406 e. The predicted octanol–water partition coefficient (Wildman–Crippen LogP) is 4.24. The van der Waals surface area contributed by atoms with E-state index >= 15 is 0 Å². The molecule has 1 heteroatoms. The molecular formula is C12H15Cl. The lowest BCUT2D eigenvalue weighted by Crippen LogP contribution is -1.84. The van der Waals surface area contributed by atoms with Gasteiger partial charge in [-0.05, 0) is 24.0 Å². The van der Waals surface area contributed by atoms with Gasteiger partial charge in [-0.15, -0.1) is 0 Å². The zero-order valence-electron chi connectivity index (χ0n) is 8.02. The molecule has 1 aromatic carbocycles. The molecule has 0 radical (unpaired) electrons. The lowest BCUT2D eigenvalue weighted by molar-refractivity contribution is 0.795. The molecule has 0 saturated carbocycles. The van der Waals surface area contributed by atoms with E-state index in [-0.39, 0.29) is 0 Å². The first kappa shape index (κ1) is 10.3. The first-order chi connectivity index (χ1) is 6.24. The van der Waals surface area contributed by atoms with E-state index in [0.29, 0.717) is 5.03 Å². The van der Waals surface area contributed by atoms with Gasteiger partial charge in [0.15, 0.2) is 0 Å². The van der Waals surface area contributed by atoms with Crippen LogP contribution in [0.25, 0.3) is 5.03 Å². The van der Waals surface area contributed by atoms with Gasteiger partial charge in [-0.1, -0.05) is 55.8 Å². The highest BCUT2D eigenvalue weighted by molar-refractivity contribution is 6.48. The second-order valence-corrected chi connectivity index (χ2v) is 3.66. The fourth-order valence-electron chi connectivity index (χ4n) is 1.23. The van der Waals surface area contributed by atoms with Crippen LogP contribution in [0.3, 0.4) is 0 Å². The Balaban J connectivity index is 2.64. The summed E-state index contributed by atoms with van der Waals surface area (Å²) in [6.07, 6.45) is 3.65. The Morgan fingerprint density at radius 2 is 1.92 bits per heavy atom. The molecule has 0 N–H and O–H groups in total. The van der Waals surface area contributed by atoms with Gasteiger partial charge in [0.05, 0.1) is 0 Å². The van der Waals surface area contributed by atoms with Crippen LogP contribution in [-0.2, 0) is 6.42 Å².